The minimum absolute atomic E-state index is 0.508. The molecule has 0 saturated heterocycles. The molecule has 0 aliphatic rings. The summed E-state index contributed by atoms with van der Waals surface area (Å²) < 4.78 is 0. The summed E-state index contributed by atoms with van der Waals surface area (Å²) in [6.45, 7) is 0. The van der Waals surface area contributed by atoms with Gasteiger partial charge in [-0.15, -0.1) is 0 Å². The monoisotopic (exact) mass is 129 g/mol. The Morgan fingerprint density at radius 3 is 2.75 bits per heavy atom. The van der Waals surface area contributed by atoms with Crippen molar-refractivity contribution in [1.82, 2.24) is 0 Å². The molecule has 0 aliphatic heterocycles. The number of aldehydes is 1. The molecular weight excluding hydrogens is 122 g/mol. The fourth-order valence-corrected chi connectivity index (χ4v) is 0.444. The lowest BCUT2D eigenvalue weighted by Crippen LogP contribution is -1.96. The van der Waals surface area contributed by atoms with Crippen LogP contribution >= 0.6 is 12.2 Å². The topological polar surface area (TPSA) is 43.1 Å². The Labute approximate surface area is 53.4 Å². The summed E-state index contributed by atoms with van der Waals surface area (Å²) in [5, 5.41) is 1.48. The van der Waals surface area contributed by atoms with Gasteiger partial charge in [-0.25, -0.2) is 0 Å². The van der Waals surface area contributed by atoms with Crippen molar-refractivity contribution in [2.75, 3.05) is 0 Å². The van der Waals surface area contributed by atoms with Crippen LogP contribution in [0.3, 0.4) is 0 Å². The van der Waals surface area contributed by atoms with Crippen LogP contribution in [0.1, 0.15) is 6.42 Å². The second-order valence-corrected chi connectivity index (χ2v) is 1.58. The molecule has 0 unspecified atom stereocenters. The van der Waals surface area contributed by atoms with Crippen molar-refractivity contribution in [2.24, 2.45) is 5.73 Å². The lowest BCUT2D eigenvalue weighted by atomic mass is 10.3. The van der Waals surface area contributed by atoms with Crippen LogP contribution in [0.4, 0.5) is 0 Å². The minimum atomic E-state index is 0.508. The SMILES string of the molecule is NC(=CC=O)CC=S. The van der Waals surface area contributed by atoms with E-state index in [1.54, 1.807) is 0 Å². The maximum absolute atomic E-state index is 9.69. The summed E-state index contributed by atoms with van der Waals surface area (Å²) in [4.78, 5) is 9.69. The number of nitrogens with two attached hydrogens (primary N) is 1. The summed E-state index contributed by atoms with van der Waals surface area (Å²) in [5.41, 5.74) is 5.74. The molecule has 0 amide bonds. The van der Waals surface area contributed by atoms with Crippen molar-refractivity contribution in [2.45, 2.75) is 6.42 Å². The summed E-state index contributed by atoms with van der Waals surface area (Å²) in [6, 6.07) is 0. The highest BCUT2D eigenvalue weighted by Gasteiger charge is 1.80. The molecule has 8 heavy (non-hydrogen) atoms. The highest BCUT2D eigenvalue weighted by Crippen LogP contribution is 1.84. The summed E-state index contributed by atoms with van der Waals surface area (Å²) >= 11 is 4.48. The molecule has 0 aromatic carbocycles. The smallest absolute Gasteiger partial charge is 0.144 e. The van der Waals surface area contributed by atoms with Crippen LogP contribution in [-0.2, 0) is 4.79 Å². The van der Waals surface area contributed by atoms with Gasteiger partial charge in [-0.1, -0.05) is 12.2 Å². The fourth-order valence-electron chi connectivity index (χ4n) is 0.252. The zero-order chi connectivity index (χ0) is 6.41. The maximum Gasteiger partial charge on any atom is 0.144 e. The molecule has 0 aromatic heterocycles. The average Bonchev–Trinajstić information content (AvgIpc) is 1.68. The first-order chi connectivity index (χ1) is 3.81. The van der Waals surface area contributed by atoms with Crippen molar-refractivity contribution in [3.05, 3.63) is 11.8 Å². The predicted molar refractivity (Wildman–Crippen MR) is 36.6 cm³/mol. The third-order valence-electron chi connectivity index (χ3n) is 0.601. The molecule has 0 heterocycles. The maximum atomic E-state index is 9.69. The van der Waals surface area contributed by atoms with E-state index in [0.29, 0.717) is 18.4 Å². The van der Waals surface area contributed by atoms with E-state index < -0.39 is 0 Å². The molecule has 0 fully saturated rings. The zero-order valence-electron chi connectivity index (χ0n) is 4.33. The largest absolute Gasteiger partial charge is 0.402 e. The van der Waals surface area contributed by atoms with E-state index in [-0.39, 0.29) is 0 Å². The standard InChI is InChI=1S/C5H7NOS/c6-5(1-3-7)2-4-8/h1,3-4H,2,6H2. The van der Waals surface area contributed by atoms with Gasteiger partial charge in [0, 0.05) is 12.1 Å². The summed E-state index contributed by atoms with van der Waals surface area (Å²) in [6.07, 6.45) is 2.45. The Hall–Kier alpha value is -0.700. The first-order valence-electron chi connectivity index (χ1n) is 2.14. The second-order valence-electron chi connectivity index (χ2n) is 1.25. The van der Waals surface area contributed by atoms with Gasteiger partial charge in [0.25, 0.3) is 0 Å². The van der Waals surface area contributed by atoms with E-state index in [1.165, 1.54) is 11.4 Å². The Balaban J connectivity index is 3.60. The number of thiocarbonyl (C=S) groups is 1. The first-order valence-corrected chi connectivity index (χ1v) is 2.62. The third kappa shape index (κ3) is 3.49. The number of hydrogen-bond acceptors (Lipinski definition) is 3. The Bertz CT molecular complexity index is 120. The van der Waals surface area contributed by atoms with Gasteiger partial charge in [0.05, 0.1) is 0 Å². The van der Waals surface area contributed by atoms with Crippen LogP contribution in [0.15, 0.2) is 11.8 Å². The summed E-state index contributed by atoms with van der Waals surface area (Å²) in [7, 11) is 0. The van der Waals surface area contributed by atoms with Crippen molar-refractivity contribution in [1.29, 1.82) is 0 Å². The van der Waals surface area contributed by atoms with Gasteiger partial charge in [0.1, 0.15) is 6.29 Å². The Morgan fingerprint density at radius 2 is 2.38 bits per heavy atom. The van der Waals surface area contributed by atoms with Crippen molar-refractivity contribution < 1.29 is 4.79 Å². The van der Waals surface area contributed by atoms with Crippen LogP contribution < -0.4 is 5.73 Å². The Kier molecular flexibility index (Phi) is 4.07. The molecule has 0 aliphatic carbocycles. The van der Waals surface area contributed by atoms with E-state index in [0.717, 1.165) is 0 Å². The van der Waals surface area contributed by atoms with E-state index in [9.17, 15) is 4.79 Å². The second kappa shape index (κ2) is 4.46. The molecule has 0 bridgehead atoms. The van der Waals surface area contributed by atoms with E-state index >= 15 is 0 Å². The van der Waals surface area contributed by atoms with Gasteiger partial charge in [0.15, 0.2) is 0 Å². The highest BCUT2D eigenvalue weighted by atomic mass is 32.1. The molecule has 0 rings (SSSR count). The van der Waals surface area contributed by atoms with E-state index in [1.807, 2.05) is 0 Å². The van der Waals surface area contributed by atoms with Crippen LogP contribution in [0.25, 0.3) is 0 Å². The number of carbonyl (C=O) groups excluding carboxylic acids is 1. The molecule has 0 saturated carbocycles. The fraction of sp³-hybridized carbons (Fsp3) is 0.200. The molecule has 3 heteroatoms. The molecule has 0 atom stereocenters. The quantitative estimate of drug-likeness (QED) is 0.341. The molecule has 0 radical (unpaired) electrons. The molecule has 2 nitrogen and oxygen atoms in total. The average molecular weight is 129 g/mol. The van der Waals surface area contributed by atoms with Gasteiger partial charge >= 0.3 is 0 Å². The number of allylic oxidation sites excluding steroid dienone is 2. The van der Waals surface area contributed by atoms with Gasteiger partial charge in [-0.2, -0.15) is 0 Å². The highest BCUT2D eigenvalue weighted by molar-refractivity contribution is 7.79. The molecule has 44 valence electrons. The van der Waals surface area contributed by atoms with Gasteiger partial charge in [-0.3, -0.25) is 4.79 Å². The molecule has 2 N–H and O–H groups in total. The van der Waals surface area contributed by atoms with Crippen molar-refractivity contribution in [3.8, 4) is 0 Å². The number of hydrogen-bond donors (Lipinski definition) is 1. The predicted octanol–water partition coefficient (Wildman–Crippen LogP) is 0.418. The van der Waals surface area contributed by atoms with Crippen LogP contribution in [0.5, 0.6) is 0 Å². The minimum Gasteiger partial charge on any atom is -0.402 e. The zero-order valence-corrected chi connectivity index (χ0v) is 5.15. The van der Waals surface area contributed by atoms with Gasteiger partial charge in [-0.05, 0) is 11.4 Å². The molecular formula is C5H7NOS. The van der Waals surface area contributed by atoms with E-state index in [2.05, 4.69) is 12.2 Å². The van der Waals surface area contributed by atoms with Crippen LogP contribution in [0.2, 0.25) is 0 Å². The third-order valence-corrected chi connectivity index (χ3v) is 0.768. The Morgan fingerprint density at radius 1 is 1.75 bits per heavy atom. The normalized spacial score (nSPS) is 10.8. The molecule has 0 spiro atoms. The molecule has 0 aromatic rings. The lowest BCUT2D eigenvalue weighted by Gasteiger charge is -1.86. The van der Waals surface area contributed by atoms with Gasteiger partial charge in [0.2, 0.25) is 0 Å². The lowest BCUT2D eigenvalue weighted by molar-refractivity contribution is -0.104. The van der Waals surface area contributed by atoms with E-state index in [4.69, 9.17) is 5.73 Å². The number of rotatable bonds is 3. The van der Waals surface area contributed by atoms with Crippen molar-refractivity contribution in [3.63, 3.8) is 0 Å². The summed E-state index contributed by atoms with van der Waals surface area (Å²) in [5.74, 6) is 0. The van der Waals surface area contributed by atoms with Crippen LogP contribution in [0, 0.1) is 0 Å². The van der Waals surface area contributed by atoms with Gasteiger partial charge < -0.3 is 5.73 Å². The van der Waals surface area contributed by atoms with Crippen molar-refractivity contribution >= 4 is 23.9 Å². The van der Waals surface area contributed by atoms with Crippen LogP contribution in [-0.4, -0.2) is 11.7 Å². The first kappa shape index (κ1) is 7.30. The number of carbonyl (C=O) groups is 1.